The van der Waals surface area contributed by atoms with Crippen molar-refractivity contribution >= 4 is 35.0 Å². The van der Waals surface area contributed by atoms with Crippen LogP contribution in [0.1, 0.15) is 29.7 Å². The number of nitrogens with zero attached hydrogens (tertiary/aromatic N) is 4. The van der Waals surface area contributed by atoms with E-state index in [-0.39, 0.29) is 53.9 Å². The van der Waals surface area contributed by atoms with Crippen molar-refractivity contribution in [3.05, 3.63) is 45.6 Å². The summed E-state index contributed by atoms with van der Waals surface area (Å²) in [6, 6.07) is 3.35. The van der Waals surface area contributed by atoms with Crippen molar-refractivity contribution in [1.82, 2.24) is 25.3 Å². The monoisotopic (exact) mass is 561 g/mol. The minimum absolute atomic E-state index is 0.0616. The number of likely N-dealkylation sites (tertiary alicyclic amines) is 2. The van der Waals surface area contributed by atoms with E-state index in [2.05, 4.69) is 15.5 Å². The van der Waals surface area contributed by atoms with E-state index >= 15 is 8.78 Å². The second-order valence-electron chi connectivity index (χ2n) is 10.3. The Bertz CT molecular complexity index is 1280. The number of benzene rings is 1. The summed E-state index contributed by atoms with van der Waals surface area (Å²) < 4.78 is 62.8. The second kappa shape index (κ2) is 8.28. The molecule has 2 aromatic rings. The Morgan fingerprint density at radius 3 is 2.32 bits per heavy atom. The first-order valence-electron chi connectivity index (χ1n) is 11.7. The fraction of sp³-hybridized carbons (Fsp3) is 0.565. The lowest BCUT2D eigenvalue weighted by Crippen LogP contribution is -2.62. The standard InChI is InChI=1S/C23H21Cl2F4N5O3/c24-15-2-1-12(3-16(15)25)23(28,29)20-32-31-17(37-20)14-7-33(18(35)11-5-30-6-11)8-21(14)9-34(10-21)19(36)13-4-22(13,26)27/h1-3,11,13-14,30H,4-10H2. The molecule has 4 aliphatic rings. The smallest absolute Gasteiger partial charge is 0.349 e. The summed E-state index contributed by atoms with van der Waals surface area (Å²) in [4.78, 5) is 28.4. The molecule has 4 fully saturated rings. The van der Waals surface area contributed by atoms with Crippen molar-refractivity contribution in [2.45, 2.75) is 24.2 Å². The minimum Gasteiger partial charge on any atom is -0.419 e. The van der Waals surface area contributed by atoms with Gasteiger partial charge in [-0.3, -0.25) is 9.59 Å². The van der Waals surface area contributed by atoms with Gasteiger partial charge in [-0.1, -0.05) is 29.3 Å². The molecule has 8 nitrogen and oxygen atoms in total. The fourth-order valence-corrected chi connectivity index (χ4v) is 5.71. The van der Waals surface area contributed by atoms with Gasteiger partial charge in [0.15, 0.2) is 0 Å². The van der Waals surface area contributed by atoms with E-state index in [0.29, 0.717) is 13.1 Å². The molecule has 14 heteroatoms. The summed E-state index contributed by atoms with van der Waals surface area (Å²) >= 11 is 11.7. The van der Waals surface area contributed by atoms with E-state index in [0.717, 1.165) is 12.1 Å². The number of aromatic nitrogens is 2. The van der Waals surface area contributed by atoms with Crippen LogP contribution in [0.5, 0.6) is 0 Å². The predicted molar refractivity (Wildman–Crippen MR) is 122 cm³/mol. The summed E-state index contributed by atoms with van der Waals surface area (Å²) in [5.74, 6) is -10.6. The molecule has 1 aliphatic carbocycles. The number of carbonyl (C=O) groups excluding carboxylic acids is 2. The van der Waals surface area contributed by atoms with Crippen LogP contribution in [0.3, 0.4) is 0 Å². The fourth-order valence-electron chi connectivity index (χ4n) is 5.41. The number of amides is 2. The molecule has 1 aromatic heterocycles. The highest BCUT2D eigenvalue weighted by Gasteiger charge is 2.66. The van der Waals surface area contributed by atoms with Crippen molar-refractivity contribution in [2.75, 3.05) is 39.3 Å². The van der Waals surface area contributed by atoms with Gasteiger partial charge in [-0.2, -0.15) is 8.78 Å². The van der Waals surface area contributed by atoms with E-state index in [1.165, 1.54) is 11.0 Å². The number of hydrogen-bond donors (Lipinski definition) is 1. The zero-order chi connectivity index (χ0) is 26.3. The number of halogens is 6. The zero-order valence-corrected chi connectivity index (χ0v) is 20.7. The molecule has 6 rings (SSSR count). The van der Waals surface area contributed by atoms with Crippen LogP contribution in [0.25, 0.3) is 0 Å². The molecule has 2 amide bonds. The van der Waals surface area contributed by atoms with Gasteiger partial charge in [0.25, 0.3) is 11.8 Å². The van der Waals surface area contributed by atoms with Gasteiger partial charge in [0.2, 0.25) is 17.7 Å². The van der Waals surface area contributed by atoms with E-state index in [1.54, 1.807) is 4.90 Å². The van der Waals surface area contributed by atoms with Crippen LogP contribution in [0.15, 0.2) is 22.6 Å². The lowest BCUT2D eigenvalue weighted by molar-refractivity contribution is -0.148. The van der Waals surface area contributed by atoms with E-state index in [4.69, 9.17) is 27.6 Å². The van der Waals surface area contributed by atoms with Crippen LogP contribution in [-0.4, -0.2) is 77.0 Å². The van der Waals surface area contributed by atoms with Crippen molar-refractivity contribution in [1.29, 1.82) is 0 Å². The van der Waals surface area contributed by atoms with Gasteiger partial charge in [0.1, 0.15) is 5.92 Å². The highest BCUT2D eigenvalue weighted by atomic mass is 35.5. The summed E-state index contributed by atoms with van der Waals surface area (Å²) in [6.45, 7) is 1.63. The Balaban J connectivity index is 1.26. The van der Waals surface area contributed by atoms with Gasteiger partial charge in [0, 0.05) is 56.7 Å². The van der Waals surface area contributed by atoms with Crippen LogP contribution >= 0.6 is 23.2 Å². The maximum Gasteiger partial charge on any atom is 0.349 e. The zero-order valence-electron chi connectivity index (χ0n) is 19.2. The predicted octanol–water partition coefficient (Wildman–Crippen LogP) is 3.15. The van der Waals surface area contributed by atoms with Gasteiger partial charge in [-0.15, -0.1) is 10.2 Å². The Kier molecular flexibility index (Phi) is 5.56. The van der Waals surface area contributed by atoms with Gasteiger partial charge >= 0.3 is 5.92 Å². The number of hydrogen-bond acceptors (Lipinski definition) is 6. The molecule has 3 aliphatic heterocycles. The number of alkyl halides is 4. The molecular formula is C23H21Cl2F4N5O3. The third-order valence-electron chi connectivity index (χ3n) is 7.83. The third-order valence-corrected chi connectivity index (χ3v) is 8.57. The highest BCUT2D eigenvalue weighted by molar-refractivity contribution is 6.42. The van der Waals surface area contributed by atoms with Crippen LogP contribution in [0.4, 0.5) is 17.6 Å². The molecule has 198 valence electrons. The first-order valence-corrected chi connectivity index (χ1v) is 12.5. The Morgan fingerprint density at radius 1 is 1.05 bits per heavy atom. The quantitative estimate of drug-likeness (QED) is 0.564. The number of rotatable bonds is 5. The summed E-state index contributed by atoms with van der Waals surface area (Å²) in [5.41, 5.74) is -1.24. The molecule has 0 bridgehead atoms. The first kappa shape index (κ1) is 24.9. The average Bonchev–Trinajstić information content (AvgIpc) is 3.15. The molecule has 4 heterocycles. The van der Waals surface area contributed by atoms with Gasteiger partial charge < -0.3 is 19.5 Å². The number of carbonyl (C=O) groups is 2. The van der Waals surface area contributed by atoms with Crippen LogP contribution in [0, 0.1) is 17.3 Å². The van der Waals surface area contributed by atoms with Crippen molar-refractivity contribution in [3.63, 3.8) is 0 Å². The molecule has 1 N–H and O–H groups in total. The number of nitrogens with one attached hydrogen (secondary N) is 1. The molecule has 1 saturated carbocycles. The largest absolute Gasteiger partial charge is 0.419 e. The third kappa shape index (κ3) is 3.99. The molecule has 2 atom stereocenters. The van der Waals surface area contributed by atoms with Gasteiger partial charge in [-0.25, -0.2) is 8.78 Å². The SMILES string of the molecule is O=C(C1CNC1)N1CC(c2nnc(C(F)(F)c3ccc(Cl)c(Cl)c3)o2)C2(C1)CN(C(=O)C1CC1(F)F)C2. The maximum atomic E-state index is 15.2. The minimum atomic E-state index is -3.67. The molecule has 3 saturated heterocycles. The first-order chi connectivity index (χ1) is 17.4. The molecule has 37 heavy (non-hydrogen) atoms. The van der Waals surface area contributed by atoms with Crippen LogP contribution in [0.2, 0.25) is 10.0 Å². The van der Waals surface area contributed by atoms with Crippen molar-refractivity contribution in [2.24, 2.45) is 17.3 Å². The summed E-state index contributed by atoms with van der Waals surface area (Å²) in [6.07, 6.45) is -0.477. The Labute approximate surface area is 218 Å². The van der Waals surface area contributed by atoms with Crippen LogP contribution < -0.4 is 5.32 Å². The lowest BCUT2D eigenvalue weighted by Gasteiger charge is -2.50. The second-order valence-corrected chi connectivity index (χ2v) is 11.2. The molecule has 2 unspecified atom stereocenters. The summed E-state index contributed by atoms with van der Waals surface area (Å²) in [7, 11) is 0. The van der Waals surface area contributed by atoms with Crippen molar-refractivity contribution < 1.29 is 31.6 Å². The van der Waals surface area contributed by atoms with E-state index in [9.17, 15) is 18.4 Å². The highest BCUT2D eigenvalue weighted by Crippen LogP contribution is 2.54. The molecule has 1 spiro atoms. The van der Waals surface area contributed by atoms with E-state index in [1.807, 2.05) is 0 Å². The van der Waals surface area contributed by atoms with Gasteiger partial charge in [-0.05, 0) is 12.1 Å². The molecule has 0 radical (unpaired) electrons. The van der Waals surface area contributed by atoms with E-state index < -0.39 is 52.9 Å². The molecule has 1 aromatic carbocycles. The van der Waals surface area contributed by atoms with Gasteiger partial charge in [0.05, 0.1) is 21.9 Å². The van der Waals surface area contributed by atoms with Crippen molar-refractivity contribution in [3.8, 4) is 0 Å². The topological polar surface area (TPSA) is 91.6 Å². The Morgan fingerprint density at radius 2 is 1.73 bits per heavy atom. The maximum absolute atomic E-state index is 15.2. The molecular weight excluding hydrogens is 541 g/mol. The normalized spacial score (nSPS) is 26.2. The lowest BCUT2D eigenvalue weighted by atomic mass is 9.71. The Hall–Kier alpha value is -2.44. The summed E-state index contributed by atoms with van der Waals surface area (Å²) in [5, 5.41) is 10.6. The average molecular weight is 562 g/mol. The van der Waals surface area contributed by atoms with Crippen LogP contribution in [-0.2, 0) is 15.5 Å².